The third-order valence-electron chi connectivity index (χ3n) is 3.29. The number of likely N-dealkylation sites (tertiary alicyclic amines) is 1. The second kappa shape index (κ2) is 8.29. The molecule has 0 atom stereocenters. The molecule has 1 aliphatic rings. The molecule has 0 aliphatic carbocycles. The van der Waals surface area contributed by atoms with Crippen molar-refractivity contribution in [2.24, 2.45) is 5.16 Å². The molecule has 0 saturated carbocycles. The summed E-state index contributed by atoms with van der Waals surface area (Å²) in [5, 5.41) is 4.10. The molecule has 21 heavy (non-hydrogen) atoms. The summed E-state index contributed by atoms with van der Waals surface area (Å²) in [6, 6.07) is 9.70. The summed E-state index contributed by atoms with van der Waals surface area (Å²) in [6.07, 6.45) is 2.20. The molecule has 1 amide bonds. The van der Waals surface area contributed by atoms with Crippen LogP contribution in [0.5, 0.6) is 0 Å². The Morgan fingerprint density at radius 1 is 1.24 bits per heavy atom. The van der Waals surface area contributed by atoms with Gasteiger partial charge < -0.3 is 14.5 Å². The van der Waals surface area contributed by atoms with Gasteiger partial charge in [-0.05, 0) is 12.0 Å². The summed E-state index contributed by atoms with van der Waals surface area (Å²) in [7, 11) is 0. The van der Waals surface area contributed by atoms with Crippen LogP contribution < -0.4 is 0 Å². The summed E-state index contributed by atoms with van der Waals surface area (Å²) in [6.45, 7) is 4.29. The minimum Gasteiger partial charge on any atom is -0.445 e. The van der Waals surface area contributed by atoms with Crippen LogP contribution in [0.1, 0.15) is 31.7 Å². The molecule has 1 aromatic rings. The van der Waals surface area contributed by atoms with Crippen LogP contribution in [0.4, 0.5) is 4.79 Å². The van der Waals surface area contributed by atoms with Gasteiger partial charge in [-0.3, -0.25) is 0 Å². The van der Waals surface area contributed by atoms with Crippen molar-refractivity contribution >= 4 is 11.8 Å². The number of rotatable bonds is 5. The second-order valence-electron chi connectivity index (χ2n) is 5.02. The van der Waals surface area contributed by atoms with Crippen molar-refractivity contribution in [3.8, 4) is 0 Å². The predicted molar refractivity (Wildman–Crippen MR) is 81.1 cm³/mol. The van der Waals surface area contributed by atoms with Gasteiger partial charge in [0.2, 0.25) is 0 Å². The number of ether oxygens (including phenoxy) is 1. The summed E-state index contributed by atoms with van der Waals surface area (Å²) in [4.78, 5) is 18.9. The highest BCUT2D eigenvalue weighted by molar-refractivity contribution is 5.86. The monoisotopic (exact) mass is 290 g/mol. The molecule has 5 nitrogen and oxygen atoms in total. The normalized spacial score (nSPS) is 14.7. The number of carbonyl (C=O) groups is 1. The van der Waals surface area contributed by atoms with Gasteiger partial charge in [0, 0.05) is 25.9 Å². The molecule has 1 aromatic carbocycles. The Morgan fingerprint density at radius 3 is 2.62 bits per heavy atom. The van der Waals surface area contributed by atoms with E-state index in [1.54, 1.807) is 4.90 Å². The molecule has 0 aromatic heterocycles. The lowest BCUT2D eigenvalue weighted by Gasteiger charge is -2.26. The second-order valence-corrected chi connectivity index (χ2v) is 5.02. The van der Waals surface area contributed by atoms with E-state index in [1.807, 2.05) is 37.3 Å². The van der Waals surface area contributed by atoms with Crippen LogP contribution in [0.3, 0.4) is 0 Å². The maximum absolute atomic E-state index is 12.0. The van der Waals surface area contributed by atoms with Crippen molar-refractivity contribution in [1.82, 2.24) is 4.90 Å². The molecule has 1 fully saturated rings. The molecule has 114 valence electrons. The van der Waals surface area contributed by atoms with Crippen LogP contribution in [0.25, 0.3) is 0 Å². The van der Waals surface area contributed by atoms with Gasteiger partial charge in [0.05, 0.1) is 5.71 Å². The van der Waals surface area contributed by atoms with Crippen molar-refractivity contribution in [3.05, 3.63) is 35.9 Å². The maximum atomic E-state index is 12.0. The zero-order chi connectivity index (χ0) is 14.9. The topological polar surface area (TPSA) is 51.1 Å². The fourth-order valence-electron chi connectivity index (χ4n) is 2.08. The number of oxime groups is 1. The Bertz CT molecular complexity index is 464. The number of hydrogen-bond acceptors (Lipinski definition) is 4. The highest BCUT2D eigenvalue weighted by Crippen LogP contribution is 2.10. The Kier molecular flexibility index (Phi) is 6.06. The smallest absolute Gasteiger partial charge is 0.410 e. The van der Waals surface area contributed by atoms with E-state index >= 15 is 0 Å². The summed E-state index contributed by atoms with van der Waals surface area (Å²) >= 11 is 0. The van der Waals surface area contributed by atoms with Crippen LogP contribution in [0.2, 0.25) is 0 Å². The fraction of sp³-hybridized carbons (Fsp3) is 0.500. The van der Waals surface area contributed by atoms with E-state index in [-0.39, 0.29) is 6.09 Å². The standard InChI is InChI=1S/C16H22N2O3/c1-2-12-21-17-15-8-10-18(11-9-15)16(19)20-13-14-6-4-3-5-7-14/h3-7H,2,8-13H2,1H3. The largest absolute Gasteiger partial charge is 0.445 e. The summed E-state index contributed by atoms with van der Waals surface area (Å²) in [5.41, 5.74) is 2.02. The number of nitrogens with zero attached hydrogens (tertiary/aromatic N) is 2. The van der Waals surface area contributed by atoms with Gasteiger partial charge >= 0.3 is 6.09 Å². The number of hydrogen-bond donors (Lipinski definition) is 0. The van der Waals surface area contributed by atoms with E-state index in [0.29, 0.717) is 26.3 Å². The third-order valence-corrected chi connectivity index (χ3v) is 3.29. The molecule has 0 unspecified atom stereocenters. The molecule has 1 aliphatic heterocycles. The number of carbonyl (C=O) groups excluding carboxylic acids is 1. The Balaban J connectivity index is 1.72. The van der Waals surface area contributed by atoms with Crippen molar-refractivity contribution in [3.63, 3.8) is 0 Å². The van der Waals surface area contributed by atoms with Crippen molar-refractivity contribution < 1.29 is 14.4 Å². The number of benzene rings is 1. The van der Waals surface area contributed by atoms with Crippen LogP contribution >= 0.6 is 0 Å². The van der Waals surface area contributed by atoms with Crippen LogP contribution in [0.15, 0.2) is 35.5 Å². The molecule has 2 rings (SSSR count). The predicted octanol–water partition coefficient (Wildman–Crippen LogP) is 3.20. The highest BCUT2D eigenvalue weighted by atomic mass is 16.6. The van der Waals surface area contributed by atoms with Crippen LogP contribution in [-0.4, -0.2) is 36.4 Å². The zero-order valence-corrected chi connectivity index (χ0v) is 12.5. The molecule has 0 bridgehead atoms. The van der Waals surface area contributed by atoms with Crippen molar-refractivity contribution in [2.45, 2.75) is 32.8 Å². The van der Waals surface area contributed by atoms with Gasteiger partial charge in [0.25, 0.3) is 0 Å². The molecule has 0 spiro atoms. The molecular weight excluding hydrogens is 268 g/mol. The first-order valence-electron chi connectivity index (χ1n) is 7.43. The van der Waals surface area contributed by atoms with E-state index in [1.165, 1.54) is 0 Å². The van der Waals surface area contributed by atoms with Gasteiger partial charge in [-0.15, -0.1) is 0 Å². The summed E-state index contributed by atoms with van der Waals surface area (Å²) in [5.74, 6) is 0. The number of piperidine rings is 1. The van der Waals surface area contributed by atoms with E-state index in [9.17, 15) is 4.79 Å². The summed E-state index contributed by atoms with van der Waals surface area (Å²) < 4.78 is 5.32. The van der Waals surface area contributed by atoms with Gasteiger partial charge in [0.15, 0.2) is 0 Å². The van der Waals surface area contributed by atoms with E-state index in [4.69, 9.17) is 9.57 Å². The lowest BCUT2D eigenvalue weighted by atomic mass is 10.1. The minimum absolute atomic E-state index is 0.257. The van der Waals surface area contributed by atoms with Crippen LogP contribution in [-0.2, 0) is 16.2 Å². The van der Waals surface area contributed by atoms with E-state index in [2.05, 4.69) is 5.16 Å². The number of amides is 1. The Hall–Kier alpha value is -2.04. The molecule has 5 heteroatoms. The zero-order valence-electron chi connectivity index (χ0n) is 12.5. The molecule has 1 saturated heterocycles. The van der Waals surface area contributed by atoms with Gasteiger partial charge in [-0.25, -0.2) is 4.79 Å². The van der Waals surface area contributed by atoms with Crippen molar-refractivity contribution in [2.75, 3.05) is 19.7 Å². The molecule has 0 radical (unpaired) electrons. The molecule has 0 N–H and O–H groups in total. The van der Waals surface area contributed by atoms with Gasteiger partial charge in [0.1, 0.15) is 13.2 Å². The first-order chi connectivity index (χ1) is 10.3. The first-order valence-corrected chi connectivity index (χ1v) is 7.43. The average molecular weight is 290 g/mol. The van der Waals surface area contributed by atoms with E-state index in [0.717, 1.165) is 30.5 Å². The Morgan fingerprint density at radius 2 is 1.95 bits per heavy atom. The SMILES string of the molecule is CCCON=C1CCN(C(=O)OCc2ccccc2)CC1. The van der Waals surface area contributed by atoms with Crippen molar-refractivity contribution in [1.29, 1.82) is 0 Å². The lowest BCUT2D eigenvalue weighted by Crippen LogP contribution is -2.39. The lowest BCUT2D eigenvalue weighted by molar-refractivity contribution is 0.0947. The molecule has 1 heterocycles. The molecular formula is C16H22N2O3. The maximum Gasteiger partial charge on any atom is 0.410 e. The van der Waals surface area contributed by atoms with E-state index < -0.39 is 0 Å². The first kappa shape index (κ1) is 15.4. The third kappa shape index (κ3) is 5.10. The van der Waals surface area contributed by atoms with Gasteiger partial charge in [-0.2, -0.15) is 0 Å². The highest BCUT2D eigenvalue weighted by Gasteiger charge is 2.21. The van der Waals surface area contributed by atoms with Crippen LogP contribution in [0, 0.1) is 0 Å². The minimum atomic E-state index is -0.257. The fourth-order valence-corrected chi connectivity index (χ4v) is 2.08. The van der Waals surface area contributed by atoms with Gasteiger partial charge in [-0.1, -0.05) is 42.4 Å². The quantitative estimate of drug-likeness (QED) is 0.618. The Labute approximate surface area is 125 Å². The average Bonchev–Trinajstić information content (AvgIpc) is 2.54.